The molecule has 4 heteroatoms. The molecule has 10 aromatic rings. The normalized spacial score (nSPS) is 11.3. The molecule has 4 nitrogen and oxygen atoms in total. The maximum absolute atomic E-state index is 5.03. The highest BCUT2D eigenvalue weighted by atomic mass is 15.0. The van der Waals surface area contributed by atoms with Crippen molar-refractivity contribution < 1.29 is 0 Å². The van der Waals surface area contributed by atoms with E-state index >= 15 is 0 Å². The maximum Gasteiger partial charge on any atom is 0.164 e. The molecule has 0 unspecified atom stereocenters. The summed E-state index contributed by atoms with van der Waals surface area (Å²) in [4.78, 5) is 15.0. The fraction of sp³-hybridized carbons (Fsp3) is 0. The highest BCUT2D eigenvalue weighted by molar-refractivity contribution is 6.11. The fourth-order valence-electron chi connectivity index (χ4n) is 7.52. The van der Waals surface area contributed by atoms with Crippen molar-refractivity contribution in [1.82, 2.24) is 19.5 Å². The molecule has 0 aliphatic heterocycles. The quantitative estimate of drug-likeness (QED) is 0.166. The molecule has 2 heterocycles. The smallest absolute Gasteiger partial charge is 0.164 e. The van der Waals surface area contributed by atoms with Gasteiger partial charge in [-0.05, 0) is 75.8 Å². The van der Waals surface area contributed by atoms with Gasteiger partial charge in [-0.1, -0.05) is 164 Å². The van der Waals surface area contributed by atoms with E-state index < -0.39 is 0 Å². The van der Waals surface area contributed by atoms with Gasteiger partial charge in [-0.2, -0.15) is 0 Å². The van der Waals surface area contributed by atoms with Crippen LogP contribution in [-0.4, -0.2) is 19.5 Å². The molecule has 0 spiro atoms. The molecule has 0 radical (unpaired) electrons. The number of nitrogens with zero attached hydrogens (tertiary/aromatic N) is 4. The van der Waals surface area contributed by atoms with Gasteiger partial charge in [0.25, 0.3) is 0 Å². The summed E-state index contributed by atoms with van der Waals surface area (Å²) in [5.41, 5.74) is 13.3. The number of fused-ring (bicyclic) bond motifs is 3. The van der Waals surface area contributed by atoms with E-state index in [1.165, 1.54) is 44.2 Å². The second kappa shape index (κ2) is 13.8. The molecular formula is C51H34N4. The number of aromatic nitrogens is 4. The molecule has 8 aromatic carbocycles. The van der Waals surface area contributed by atoms with E-state index in [0.29, 0.717) is 17.5 Å². The molecule has 0 saturated heterocycles. The number of benzene rings is 8. The van der Waals surface area contributed by atoms with Gasteiger partial charge in [0.1, 0.15) is 0 Å². The first-order valence-corrected chi connectivity index (χ1v) is 18.5. The molecule has 2 aromatic heterocycles. The van der Waals surface area contributed by atoms with Crippen LogP contribution in [0.3, 0.4) is 0 Å². The first kappa shape index (κ1) is 32.2. The molecule has 0 fully saturated rings. The van der Waals surface area contributed by atoms with E-state index in [4.69, 9.17) is 15.0 Å². The second-order valence-electron chi connectivity index (χ2n) is 13.7. The summed E-state index contributed by atoms with van der Waals surface area (Å²) < 4.78 is 2.37. The van der Waals surface area contributed by atoms with Gasteiger partial charge < -0.3 is 4.57 Å². The van der Waals surface area contributed by atoms with Gasteiger partial charge >= 0.3 is 0 Å². The zero-order valence-corrected chi connectivity index (χ0v) is 29.9. The van der Waals surface area contributed by atoms with Crippen molar-refractivity contribution in [2.24, 2.45) is 0 Å². The Morgan fingerprint density at radius 1 is 0.255 bits per heavy atom. The minimum Gasteiger partial charge on any atom is -0.309 e. The average molecular weight is 703 g/mol. The topological polar surface area (TPSA) is 43.6 Å². The Bertz CT molecular complexity index is 2900. The van der Waals surface area contributed by atoms with Gasteiger partial charge in [0.05, 0.1) is 11.0 Å². The Kier molecular flexibility index (Phi) is 8.12. The highest BCUT2D eigenvalue weighted by Gasteiger charge is 2.17. The lowest BCUT2D eigenvalue weighted by Gasteiger charge is -2.12. The van der Waals surface area contributed by atoms with Gasteiger partial charge in [0, 0.05) is 33.2 Å². The average Bonchev–Trinajstić information content (AvgIpc) is 3.60. The second-order valence-corrected chi connectivity index (χ2v) is 13.7. The zero-order chi connectivity index (χ0) is 36.6. The third-order valence-electron chi connectivity index (χ3n) is 10.2. The van der Waals surface area contributed by atoms with Gasteiger partial charge in [0.15, 0.2) is 17.5 Å². The summed E-state index contributed by atoms with van der Waals surface area (Å²) in [6.07, 6.45) is 0. The van der Waals surface area contributed by atoms with Crippen molar-refractivity contribution >= 4 is 21.8 Å². The van der Waals surface area contributed by atoms with E-state index in [1.807, 2.05) is 60.7 Å². The third kappa shape index (κ3) is 6.16. The predicted octanol–water partition coefficient (Wildman–Crippen LogP) is 13.0. The van der Waals surface area contributed by atoms with Crippen LogP contribution >= 0.6 is 0 Å². The van der Waals surface area contributed by atoms with E-state index in [9.17, 15) is 0 Å². The van der Waals surface area contributed by atoms with Crippen LogP contribution in [-0.2, 0) is 0 Å². The molecule has 0 aliphatic carbocycles. The molecule has 0 atom stereocenters. The Labute approximate surface area is 319 Å². The summed E-state index contributed by atoms with van der Waals surface area (Å²) in [5, 5.41) is 2.39. The van der Waals surface area contributed by atoms with E-state index in [1.54, 1.807) is 0 Å². The minimum absolute atomic E-state index is 0.627. The van der Waals surface area contributed by atoms with Crippen LogP contribution < -0.4 is 0 Å². The van der Waals surface area contributed by atoms with Gasteiger partial charge in [-0.3, -0.25) is 0 Å². The summed E-state index contributed by atoms with van der Waals surface area (Å²) in [6, 6.07) is 72.4. The van der Waals surface area contributed by atoms with Gasteiger partial charge in [-0.15, -0.1) is 0 Å². The van der Waals surface area contributed by atoms with E-state index in [2.05, 4.69) is 150 Å². The van der Waals surface area contributed by atoms with Crippen LogP contribution in [0.4, 0.5) is 0 Å². The molecule has 0 amide bonds. The Balaban J connectivity index is 1.15. The van der Waals surface area contributed by atoms with Crippen molar-refractivity contribution in [3.05, 3.63) is 206 Å². The molecule has 55 heavy (non-hydrogen) atoms. The third-order valence-corrected chi connectivity index (χ3v) is 10.2. The SMILES string of the molecule is c1ccc(-c2cccc(-c3ccc4c(c3)c3cc(-c5ccccc5)ccc3n4-c3cccc(-c4nc(-c5ccccc5)nc(-c5ccccc5)n4)c3)c2)cc1. The first-order chi connectivity index (χ1) is 27.2. The van der Waals surface area contributed by atoms with Gasteiger partial charge in [0.2, 0.25) is 0 Å². The summed E-state index contributed by atoms with van der Waals surface area (Å²) >= 11 is 0. The van der Waals surface area contributed by atoms with Crippen LogP contribution in [0.1, 0.15) is 0 Å². The van der Waals surface area contributed by atoms with Crippen LogP contribution in [0.25, 0.3) is 95.0 Å². The molecule has 0 bridgehead atoms. The molecule has 0 N–H and O–H groups in total. The lowest BCUT2D eigenvalue weighted by Crippen LogP contribution is -2.01. The number of rotatable bonds is 7. The summed E-state index contributed by atoms with van der Waals surface area (Å²) in [5.74, 6) is 1.91. The lowest BCUT2D eigenvalue weighted by atomic mass is 9.97. The first-order valence-electron chi connectivity index (χ1n) is 18.5. The maximum atomic E-state index is 5.03. The lowest BCUT2D eigenvalue weighted by molar-refractivity contribution is 1.07. The van der Waals surface area contributed by atoms with Crippen molar-refractivity contribution in [3.63, 3.8) is 0 Å². The van der Waals surface area contributed by atoms with Crippen molar-refractivity contribution in [3.8, 4) is 73.2 Å². The number of hydrogen-bond acceptors (Lipinski definition) is 3. The van der Waals surface area contributed by atoms with Crippen LogP contribution in [0.15, 0.2) is 206 Å². The Morgan fingerprint density at radius 2 is 0.618 bits per heavy atom. The highest BCUT2D eigenvalue weighted by Crippen LogP contribution is 2.38. The molecule has 10 rings (SSSR count). The summed E-state index contributed by atoms with van der Waals surface area (Å²) in [7, 11) is 0. The monoisotopic (exact) mass is 702 g/mol. The fourth-order valence-corrected chi connectivity index (χ4v) is 7.52. The largest absolute Gasteiger partial charge is 0.309 e. The molecule has 258 valence electrons. The standard InChI is InChI=1S/C51H34N4/c1-5-15-35(16-6-1)39-23-13-24-40(31-39)42-28-30-48-46(34-42)45-33-41(36-17-7-2-8-18-36)27-29-47(45)55(48)44-26-14-25-43(32-44)51-53-49(37-19-9-3-10-20-37)52-50(54-51)38-21-11-4-12-22-38/h1-34H. The number of hydrogen-bond donors (Lipinski definition) is 0. The van der Waals surface area contributed by atoms with E-state index in [-0.39, 0.29) is 0 Å². The van der Waals surface area contributed by atoms with E-state index in [0.717, 1.165) is 33.4 Å². The van der Waals surface area contributed by atoms with Crippen LogP contribution in [0.5, 0.6) is 0 Å². The molecule has 0 aliphatic rings. The Morgan fingerprint density at radius 3 is 1.13 bits per heavy atom. The van der Waals surface area contributed by atoms with Gasteiger partial charge in [-0.25, -0.2) is 15.0 Å². The van der Waals surface area contributed by atoms with Crippen LogP contribution in [0.2, 0.25) is 0 Å². The molecular weight excluding hydrogens is 669 g/mol. The summed E-state index contributed by atoms with van der Waals surface area (Å²) in [6.45, 7) is 0. The predicted molar refractivity (Wildman–Crippen MR) is 227 cm³/mol. The van der Waals surface area contributed by atoms with Crippen molar-refractivity contribution in [2.75, 3.05) is 0 Å². The minimum atomic E-state index is 0.627. The van der Waals surface area contributed by atoms with Crippen molar-refractivity contribution in [1.29, 1.82) is 0 Å². The van der Waals surface area contributed by atoms with Crippen LogP contribution in [0, 0.1) is 0 Å². The molecule has 0 saturated carbocycles. The zero-order valence-electron chi connectivity index (χ0n) is 29.9. The van der Waals surface area contributed by atoms with Crippen molar-refractivity contribution in [2.45, 2.75) is 0 Å². The Hall–Kier alpha value is -7.43.